The van der Waals surface area contributed by atoms with Gasteiger partial charge in [-0.05, 0) is 46.6 Å². The van der Waals surface area contributed by atoms with Gasteiger partial charge < -0.3 is 39.9 Å². The first-order chi connectivity index (χ1) is 19.3. The number of rotatable bonds is 12. The molecule has 246 valence electrons. The number of carbonyl (C=O) groups excluding carboxylic acids is 5. The van der Waals surface area contributed by atoms with Crippen molar-refractivity contribution in [1.29, 1.82) is 0 Å². The minimum absolute atomic E-state index is 0. The average Bonchev–Trinajstić information content (AvgIpc) is 3.64. The van der Waals surface area contributed by atoms with Crippen molar-refractivity contribution < 1.29 is 33.4 Å². The third-order valence-electron chi connectivity index (χ3n) is 5.63. The number of nitrogens with one attached hydrogen (secondary N) is 4. The van der Waals surface area contributed by atoms with E-state index in [9.17, 15) is 24.0 Å². The minimum Gasteiger partial charge on any atom is -0.520 e. The fourth-order valence-electron chi connectivity index (χ4n) is 3.59. The number of nitrogens with two attached hydrogens (primary N) is 1. The van der Waals surface area contributed by atoms with E-state index in [4.69, 9.17) is 15.2 Å². The van der Waals surface area contributed by atoms with Gasteiger partial charge in [-0.3, -0.25) is 4.79 Å². The van der Waals surface area contributed by atoms with Gasteiger partial charge in [0.05, 0.1) is 19.7 Å². The molecule has 0 aromatic heterocycles. The summed E-state index contributed by atoms with van der Waals surface area (Å²) in [6.07, 6.45) is 5.97. The maximum Gasteiger partial charge on any atom is 0.408 e. The molecule has 1 aliphatic carbocycles. The third-order valence-corrected chi connectivity index (χ3v) is 9.36. The molecule has 14 nitrogen and oxygen atoms in total. The molecule has 1 saturated carbocycles. The van der Waals surface area contributed by atoms with Crippen molar-refractivity contribution in [3.63, 3.8) is 0 Å². The van der Waals surface area contributed by atoms with Crippen LogP contribution in [0.15, 0.2) is 4.99 Å². The first-order valence-electron chi connectivity index (χ1n) is 13.3. The Bertz CT molecular complexity index is 879. The number of methoxy groups -OCH3 is 1. The number of aliphatic imine (C=N–C) groups is 1. The number of esters is 1. The number of carbonyl (C=O) groups is 4. The molecule has 2 aliphatic rings. The standard InChI is InChI=1S/C12H22N2O4.C9H13N2O3.C4H10N3.Fm.HI.Pb/c1-11(2,3)18-10(16)13-12(9(15)17-5)6-7-14(4)8-12;12-4-3-10-9(14)8(11-6-13)5-7-1-2-7;1-2-3-7-4(5)6;;;/h6-8H2,1-5H3,(H,13,16);4,7-8H,1-3,5H2,(H,10,14)(H,11,13);2-3H2,1H3,(H3-,5,6,7);;1H;/q;2*-1;;;+2/p-1. The Morgan fingerprint density at radius 3 is 2.38 bits per heavy atom. The summed E-state index contributed by atoms with van der Waals surface area (Å²) < 4.78 is 13.0. The molecule has 3 amide bonds. The molecule has 0 aromatic carbocycles. The van der Waals surface area contributed by atoms with Crippen molar-refractivity contribution in [3.05, 3.63) is 0 Å². The van der Waals surface area contributed by atoms with Crippen LogP contribution in [0.4, 0.5) is 4.79 Å². The summed E-state index contributed by atoms with van der Waals surface area (Å²) >= 11 is 1.77. The molecule has 0 aromatic rings. The normalized spacial score (nSPS) is 18.7. The van der Waals surface area contributed by atoms with Gasteiger partial charge in [0.2, 0.25) is 5.91 Å². The van der Waals surface area contributed by atoms with Gasteiger partial charge in [0, 0.05) is 13.1 Å². The van der Waals surface area contributed by atoms with E-state index in [0.29, 0.717) is 37.6 Å². The Hall–Kier alpha value is -2.77. The van der Waals surface area contributed by atoms with E-state index < -0.39 is 49.5 Å². The second-order valence-electron chi connectivity index (χ2n) is 10.6. The molecule has 42 heavy (non-hydrogen) atoms. The second-order valence-corrected chi connectivity index (χ2v) is 17.0. The molecule has 0 spiro atoms. The molecule has 6 N–H and O–H groups in total. The van der Waals surface area contributed by atoms with Crippen LogP contribution in [0.3, 0.4) is 0 Å². The second kappa shape index (κ2) is 21.9. The number of alkyl carbamates (subject to hydrolysis) is 1. The summed E-state index contributed by atoms with van der Waals surface area (Å²) in [4.78, 5) is 61.1. The Kier molecular flexibility index (Phi) is 21.5. The number of ether oxygens (including phenoxy) is 2. The summed E-state index contributed by atoms with van der Waals surface area (Å²) in [6, 6.07) is -0.542. The maximum absolute atomic E-state index is 11.9. The largest absolute Gasteiger partial charge is 0.520 e. The molecule has 1 aliphatic heterocycles. The smallest absolute Gasteiger partial charge is 0.408 e. The molecular formula is C25H45FmIN7O7Pb-. The fraction of sp³-hybridized carbons (Fsp3) is 0.760. The van der Waals surface area contributed by atoms with Crippen molar-refractivity contribution in [3.8, 4) is 0 Å². The maximum atomic E-state index is 11.9. The van der Waals surface area contributed by atoms with Gasteiger partial charge >= 0.3 is 89.8 Å². The molecule has 1 heterocycles. The van der Waals surface area contributed by atoms with Gasteiger partial charge in [-0.1, -0.05) is 12.8 Å². The van der Waals surface area contributed by atoms with Crippen molar-refractivity contribution in [2.75, 3.05) is 40.3 Å². The number of halogens is 1. The molecule has 2 radical (unpaired) electrons. The molecule has 0 bridgehead atoms. The monoisotopic (exact) mass is 1150 g/mol. The predicted octanol–water partition coefficient (Wildman–Crippen LogP) is 0.155. The zero-order valence-electron chi connectivity index (χ0n) is 25.1. The van der Waals surface area contributed by atoms with E-state index in [1.54, 1.807) is 20.8 Å². The van der Waals surface area contributed by atoms with Gasteiger partial charge in [-0.2, -0.15) is 6.41 Å². The zero-order chi connectivity index (χ0) is 31.5. The van der Waals surface area contributed by atoms with Gasteiger partial charge in [0.15, 0.2) is 5.54 Å². The first-order valence-corrected chi connectivity index (χ1v) is 26.2. The van der Waals surface area contributed by atoms with E-state index in [0.717, 1.165) is 32.4 Å². The SMILES string of the molecule is CCCN=C(N)[NH][Pb][I].COC(=O)C1(NC(=O)OC(C)(C)C)CCN(C)C1.O=[C-]NC(CC1CC1)C(=O)NCC=O.[Fm]. The third kappa shape index (κ3) is 18.6. The number of amides is 3. The van der Waals surface area contributed by atoms with Crippen LogP contribution in [0.5, 0.6) is 0 Å². The molecule has 2 fully saturated rings. The van der Waals surface area contributed by atoms with Gasteiger partial charge in [0.1, 0.15) is 11.9 Å². The van der Waals surface area contributed by atoms with E-state index in [1.165, 1.54) is 13.5 Å². The molecule has 17 heteroatoms. The van der Waals surface area contributed by atoms with Crippen molar-refractivity contribution in [2.24, 2.45) is 16.6 Å². The van der Waals surface area contributed by atoms with Crippen LogP contribution in [-0.4, -0.2) is 119 Å². The summed E-state index contributed by atoms with van der Waals surface area (Å²) in [6.45, 7) is 9.40. The Morgan fingerprint density at radius 1 is 1.31 bits per heavy atom. The Morgan fingerprint density at radius 2 is 1.95 bits per heavy atom. The number of guanidine groups is 1. The summed E-state index contributed by atoms with van der Waals surface area (Å²) in [5, 5.41) is 7.38. The summed E-state index contributed by atoms with van der Waals surface area (Å²) in [5.41, 5.74) is 3.87. The quantitative estimate of drug-likeness (QED) is 0.0263. The van der Waals surface area contributed by atoms with Crippen LogP contribution in [0.25, 0.3) is 0 Å². The zero-order valence-corrected chi connectivity index (χ0v) is 33.5. The topological polar surface area (TPSA) is 194 Å². The van der Waals surface area contributed by atoms with Crippen LogP contribution in [0.1, 0.15) is 59.8 Å². The van der Waals surface area contributed by atoms with Gasteiger partial charge in [0.25, 0.3) is 0 Å². The predicted molar refractivity (Wildman–Crippen MR) is 165 cm³/mol. The van der Waals surface area contributed by atoms with Crippen molar-refractivity contribution in [2.45, 2.75) is 77.0 Å². The van der Waals surface area contributed by atoms with Crippen molar-refractivity contribution >= 4 is 74.6 Å². The Balaban J connectivity index is 0. The fourth-order valence-corrected chi connectivity index (χ4v) is 6.70. The van der Waals surface area contributed by atoms with Crippen molar-refractivity contribution in [1.82, 2.24) is 24.0 Å². The molecule has 1 saturated heterocycles. The summed E-state index contributed by atoms with van der Waals surface area (Å²) in [5.74, 6) is 0.419. The molecule has 2 unspecified atom stereocenters. The number of nitrogens with zero attached hydrogens (tertiary/aromatic N) is 2. The number of hydrogen-bond acceptors (Lipinski definition) is 9. The molecule has 2 rings (SSSR count). The van der Waals surface area contributed by atoms with Crippen LogP contribution in [-0.2, 0) is 28.7 Å². The van der Waals surface area contributed by atoms with Gasteiger partial charge in [-0.25, -0.2) is 9.59 Å². The van der Waals surface area contributed by atoms with E-state index in [1.807, 2.05) is 11.9 Å². The summed E-state index contributed by atoms with van der Waals surface area (Å²) in [7, 11) is 3.21. The average molecular weight is 1150 g/mol. The number of aldehydes is 1. The minimum atomic E-state index is -0.994. The van der Waals surface area contributed by atoms with E-state index in [-0.39, 0.29) is 12.5 Å². The Labute approximate surface area is 264 Å². The van der Waals surface area contributed by atoms with E-state index in [2.05, 4.69) is 48.8 Å². The van der Waals surface area contributed by atoms with E-state index >= 15 is 0 Å². The number of likely N-dealkylation sites (N-methyl/N-ethyl adjacent to an activating group) is 1. The molecule has 2 atom stereocenters. The van der Waals surface area contributed by atoms with Crippen LogP contribution in [0.2, 0.25) is 0 Å². The van der Waals surface area contributed by atoms with Crippen LogP contribution >= 0.6 is 17.8 Å². The van der Waals surface area contributed by atoms with Crippen LogP contribution in [0, 0.1) is 5.92 Å². The van der Waals surface area contributed by atoms with Gasteiger partial charge in [-0.15, -0.1) is 0 Å². The number of likely N-dealkylation sites (tertiary alicyclic amines) is 1. The van der Waals surface area contributed by atoms with Crippen LogP contribution < -0.4 is 24.8 Å². The molecular weight excluding hydrogens is 1100 g/mol. The number of hydrogen-bond donors (Lipinski definition) is 5. The first kappa shape index (κ1) is 41.4.